The van der Waals surface area contributed by atoms with Crippen molar-refractivity contribution < 1.29 is 4.79 Å². The largest absolute Gasteiger partial charge is 0.349 e. The van der Waals surface area contributed by atoms with Crippen LogP contribution >= 0.6 is 23.1 Å². The highest BCUT2D eigenvalue weighted by atomic mass is 32.2. The number of benzene rings is 1. The molecular weight excluding hydrogens is 274 g/mol. The Morgan fingerprint density at radius 3 is 2.79 bits per heavy atom. The van der Waals surface area contributed by atoms with Crippen LogP contribution in [0.3, 0.4) is 0 Å². The van der Waals surface area contributed by atoms with Crippen molar-refractivity contribution in [3.8, 4) is 0 Å². The van der Waals surface area contributed by atoms with Gasteiger partial charge in [0.2, 0.25) is 0 Å². The molecule has 1 atom stereocenters. The summed E-state index contributed by atoms with van der Waals surface area (Å²) in [6, 6.07) is 12.0. The molecule has 1 aromatic heterocycles. The Labute approximate surface area is 122 Å². The Bertz CT molecular complexity index is 537. The van der Waals surface area contributed by atoms with E-state index in [1.807, 2.05) is 43.5 Å². The number of hydrogen-bond acceptors (Lipinski definition) is 3. The first-order valence-electron chi connectivity index (χ1n) is 6.17. The zero-order valence-corrected chi connectivity index (χ0v) is 12.7. The van der Waals surface area contributed by atoms with Gasteiger partial charge in [-0.25, -0.2) is 0 Å². The van der Waals surface area contributed by atoms with Crippen molar-refractivity contribution in [1.29, 1.82) is 0 Å². The van der Waals surface area contributed by atoms with Crippen LogP contribution in [0.25, 0.3) is 0 Å². The number of carbonyl (C=O) groups excluding carboxylic acids is 1. The summed E-state index contributed by atoms with van der Waals surface area (Å²) in [5.41, 5.74) is 0.757. The molecule has 1 heterocycles. The van der Waals surface area contributed by atoms with Crippen LogP contribution in [0, 0.1) is 0 Å². The first kappa shape index (κ1) is 14.2. The minimum absolute atomic E-state index is 0.00834. The van der Waals surface area contributed by atoms with Gasteiger partial charge in [-0.15, -0.1) is 23.1 Å². The molecule has 2 rings (SSSR count). The van der Waals surface area contributed by atoms with Crippen LogP contribution in [0.5, 0.6) is 0 Å². The lowest BCUT2D eigenvalue weighted by molar-refractivity contribution is 0.0937. The summed E-state index contributed by atoms with van der Waals surface area (Å²) in [6.07, 6.45) is 2.87. The smallest absolute Gasteiger partial charge is 0.252 e. The second kappa shape index (κ2) is 6.78. The fourth-order valence-corrected chi connectivity index (χ4v) is 3.35. The third-order valence-corrected chi connectivity index (χ3v) is 4.51. The highest BCUT2D eigenvalue weighted by Crippen LogP contribution is 2.20. The van der Waals surface area contributed by atoms with Crippen molar-refractivity contribution >= 4 is 29.0 Å². The fourth-order valence-electron chi connectivity index (χ4n) is 1.92. The van der Waals surface area contributed by atoms with Gasteiger partial charge in [-0.3, -0.25) is 4.79 Å². The number of hydrogen-bond donors (Lipinski definition) is 1. The molecule has 0 aliphatic heterocycles. The molecule has 0 aliphatic carbocycles. The molecule has 1 aromatic carbocycles. The summed E-state index contributed by atoms with van der Waals surface area (Å²) in [5, 5.41) is 5.13. The van der Waals surface area contributed by atoms with Crippen LogP contribution in [0.4, 0.5) is 0 Å². The number of thioether (sulfide) groups is 1. The van der Waals surface area contributed by atoms with Gasteiger partial charge in [-0.1, -0.05) is 18.2 Å². The maximum absolute atomic E-state index is 12.2. The molecule has 0 spiro atoms. The Balaban J connectivity index is 2.00. The molecule has 100 valence electrons. The van der Waals surface area contributed by atoms with E-state index in [0.29, 0.717) is 0 Å². The first-order valence-corrected chi connectivity index (χ1v) is 8.27. The predicted octanol–water partition coefficient (Wildman–Crippen LogP) is 3.83. The van der Waals surface area contributed by atoms with E-state index in [1.165, 1.54) is 4.88 Å². The maximum Gasteiger partial charge on any atom is 0.252 e. The minimum atomic E-state index is 0.00834. The Kier molecular flexibility index (Phi) is 5.05. The van der Waals surface area contributed by atoms with Crippen LogP contribution in [-0.2, 0) is 6.42 Å². The van der Waals surface area contributed by atoms with Crippen LogP contribution in [0.2, 0.25) is 0 Å². The molecule has 19 heavy (non-hydrogen) atoms. The van der Waals surface area contributed by atoms with Gasteiger partial charge in [0, 0.05) is 22.2 Å². The van der Waals surface area contributed by atoms with E-state index >= 15 is 0 Å². The Hall–Kier alpha value is -1.26. The van der Waals surface area contributed by atoms with Crippen molar-refractivity contribution in [1.82, 2.24) is 5.32 Å². The number of amides is 1. The maximum atomic E-state index is 12.2. The summed E-state index contributed by atoms with van der Waals surface area (Å²) < 4.78 is 0. The molecule has 2 aromatic rings. The highest BCUT2D eigenvalue weighted by Gasteiger charge is 2.13. The van der Waals surface area contributed by atoms with Crippen LogP contribution in [0.15, 0.2) is 46.7 Å². The summed E-state index contributed by atoms with van der Waals surface area (Å²) in [7, 11) is 0. The quantitative estimate of drug-likeness (QED) is 0.848. The second-order valence-electron chi connectivity index (χ2n) is 4.36. The predicted molar refractivity (Wildman–Crippen MR) is 83.2 cm³/mol. The number of nitrogens with one attached hydrogen (secondary N) is 1. The van der Waals surface area contributed by atoms with Crippen molar-refractivity contribution in [2.24, 2.45) is 0 Å². The molecule has 0 radical (unpaired) electrons. The zero-order valence-electron chi connectivity index (χ0n) is 11.1. The van der Waals surface area contributed by atoms with Crippen LogP contribution in [0.1, 0.15) is 22.2 Å². The highest BCUT2D eigenvalue weighted by molar-refractivity contribution is 7.98. The summed E-state index contributed by atoms with van der Waals surface area (Å²) in [4.78, 5) is 14.6. The molecule has 4 heteroatoms. The molecule has 2 nitrogen and oxygen atoms in total. The van der Waals surface area contributed by atoms with Crippen molar-refractivity contribution in [2.75, 3.05) is 6.26 Å². The fraction of sp³-hybridized carbons (Fsp3) is 0.267. The monoisotopic (exact) mass is 291 g/mol. The number of rotatable bonds is 5. The summed E-state index contributed by atoms with van der Waals surface area (Å²) in [6.45, 7) is 2.04. The molecule has 1 N–H and O–H groups in total. The van der Waals surface area contributed by atoms with Gasteiger partial charge < -0.3 is 5.32 Å². The van der Waals surface area contributed by atoms with E-state index in [0.717, 1.165) is 16.9 Å². The van der Waals surface area contributed by atoms with E-state index in [9.17, 15) is 4.79 Å². The van der Waals surface area contributed by atoms with Gasteiger partial charge in [0.15, 0.2) is 0 Å². The van der Waals surface area contributed by atoms with Gasteiger partial charge in [0.25, 0.3) is 5.91 Å². The Morgan fingerprint density at radius 1 is 1.32 bits per heavy atom. The third kappa shape index (κ3) is 3.85. The van der Waals surface area contributed by atoms with Gasteiger partial charge >= 0.3 is 0 Å². The first-order chi connectivity index (χ1) is 9.20. The normalized spacial score (nSPS) is 12.1. The molecule has 0 bridgehead atoms. The Morgan fingerprint density at radius 2 is 2.11 bits per heavy atom. The van der Waals surface area contributed by atoms with Gasteiger partial charge in [-0.05, 0) is 36.8 Å². The molecule has 1 amide bonds. The van der Waals surface area contributed by atoms with Crippen LogP contribution in [-0.4, -0.2) is 18.2 Å². The lowest BCUT2D eigenvalue weighted by Crippen LogP contribution is -2.34. The van der Waals surface area contributed by atoms with Gasteiger partial charge in [0.05, 0.1) is 5.56 Å². The van der Waals surface area contributed by atoms with Crippen molar-refractivity contribution in [3.05, 3.63) is 52.2 Å². The molecule has 0 aliphatic rings. The third-order valence-electron chi connectivity index (χ3n) is 2.82. The molecular formula is C15H17NOS2. The van der Waals surface area contributed by atoms with Gasteiger partial charge in [-0.2, -0.15) is 0 Å². The number of thiophene rings is 1. The van der Waals surface area contributed by atoms with E-state index in [4.69, 9.17) is 0 Å². The standard InChI is InChI=1S/C15H17NOS2/c1-11(10-12-6-5-9-19-12)16-15(17)13-7-3-4-8-14(13)18-2/h3-9,11H,10H2,1-2H3,(H,16,17)/t11-/m0/s1. The zero-order chi connectivity index (χ0) is 13.7. The lowest BCUT2D eigenvalue weighted by atomic mass is 10.1. The molecule has 0 fully saturated rings. The summed E-state index contributed by atoms with van der Waals surface area (Å²) in [5.74, 6) is 0.00834. The second-order valence-corrected chi connectivity index (χ2v) is 6.24. The lowest BCUT2D eigenvalue weighted by Gasteiger charge is -2.14. The topological polar surface area (TPSA) is 29.1 Å². The van der Waals surface area contributed by atoms with E-state index in [2.05, 4.69) is 16.8 Å². The van der Waals surface area contributed by atoms with Crippen molar-refractivity contribution in [2.45, 2.75) is 24.3 Å². The minimum Gasteiger partial charge on any atom is -0.349 e. The van der Waals surface area contributed by atoms with E-state index in [1.54, 1.807) is 23.1 Å². The molecule has 0 saturated carbocycles. The van der Waals surface area contributed by atoms with Crippen LogP contribution < -0.4 is 5.32 Å². The van der Waals surface area contributed by atoms with E-state index < -0.39 is 0 Å². The summed E-state index contributed by atoms with van der Waals surface area (Å²) >= 11 is 3.32. The average molecular weight is 291 g/mol. The van der Waals surface area contributed by atoms with Crippen molar-refractivity contribution in [3.63, 3.8) is 0 Å². The van der Waals surface area contributed by atoms with E-state index in [-0.39, 0.29) is 11.9 Å². The van der Waals surface area contributed by atoms with Gasteiger partial charge in [0.1, 0.15) is 0 Å². The average Bonchev–Trinajstić information content (AvgIpc) is 2.91. The SMILES string of the molecule is CSc1ccccc1C(=O)N[C@@H](C)Cc1cccs1. The molecule has 0 unspecified atom stereocenters. The molecule has 0 saturated heterocycles. The number of carbonyl (C=O) groups is 1.